The van der Waals surface area contributed by atoms with Crippen LogP contribution in [0.25, 0.3) is 22.0 Å². The van der Waals surface area contributed by atoms with Crippen molar-refractivity contribution in [2.24, 2.45) is 5.92 Å². The fourth-order valence-electron chi connectivity index (χ4n) is 5.33. The molecule has 1 aliphatic rings. The van der Waals surface area contributed by atoms with Gasteiger partial charge in [0.25, 0.3) is 0 Å². The second-order valence-corrected chi connectivity index (χ2v) is 10.1. The van der Waals surface area contributed by atoms with E-state index in [9.17, 15) is 4.79 Å². The number of para-hydroxylation sites is 1. The van der Waals surface area contributed by atoms with Crippen LogP contribution >= 0.6 is 0 Å². The van der Waals surface area contributed by atoms with Crippen LogP contribution < -0.4 is 5.32 Å². The zero-order valence-corrected chi connectivity index (χ0v) is 21.8. The molecule has 0 bridgehead atoms. The van der Waals surface area contributed by atoms with Gasteiger partial charge in [-0.25, -0.2) is 0 Å². The van der Waals surface area contributed by atoms with E-state index in [1.807, 2.05) is 30.3 Å². The predicted octanol–water partition coefficient (Wildman–Crippen LogP) is 5.81. The molecule has 1 unspecified atom stereocenters. The Morgan fingerprint density at radius 2 is 1.59 bits per heavy atom. The number of pyridine rings is 1. The van der Waals surface area contributed by atoms with Crippen LogP contribution in [0.15, 0.2) is 110 Å². The van der Waals surface area contributed by atoms with Crippen molar-refractivity contribution in [3.63, 3.8) is 0 Å². The first-order valence-electron chi connectivity index (χ1n) is 13.5. The number of fused-ring (bicyclic) bond motifs is 1. The minimum atomic E-state index is -0.351. The number of nitrogens with zero attached hydrogens (tertiary/aromatic N) is 4. The average molecular weight is 514 g/mol. The van der Waals surface area contributed by atoms with Gasteiger partial charge in [0, 0.05) is 30.2 Å². The van der Waals surface area contributed by atoms with E-state index in [-0.39, 0.29) is 17.9 Å². The molecule has 1 N–H and O–H groups in total. The molecule has 3 aromatic carbocycles. The summed E-state index contributed by atoms with van der Waals surface area (Å²) in [6.07, 6.45) is 6.70. The van der Waals surface area contributed by atoms with E-state index in [4.69, 9.17) is 4.98 Å². The highest BCUT2D eigenvalue weighted by Gasteiger charge is 2.28. The third-order valence-electron chi connectivity index (χ3n) is 7.52. The van der Waals surface area contributed by atoms with Crippen LogP contribution in [0.3, 0.4) is 0 Å². The van der Waals surface area contributed by atoms with E-state index in [0.717, 1.165) is 71.5 Å². The number of hydrogen-bond acceptors (Lipinski definition) is 5. The number of likely N-dealkylation sites (tertiary alicyclic amines) is 1. The summed E-state index contributed by atoms with van der Waals surface area (Å²) in [7, 11) is 0. The summed E-state index contributed by atoms with van der Waals surface area (Å²) >= 11 is 0. The molecule has 1 aliphatic heterocycles. The van der Waals surface area contributed by atoms with Crippen LogP contribution in [0.2, 0.25) is 0 Å². The molecule has 0 aliphatic carbocycles. The molecule has 194 valence electrons. The van der Waals surface area contributed by atoms with Crippen LogP contribution in [0.4, 0.5) is 0 Å². The summed E-state index contributed by atoms with van der Waals surface area (Å²) in [5.41, 5.74) is 6.11. The highest BCUT2D eigenvalue weighted by Crippen LogP contribution is 2.27. The van der Waals surface area contributed by atoms with Crippen molar-refractivity contribution >= 4 is 16.8 Å². The monoisotopic (exact) mass is 513 g/mol. The first kappa shape index (κ1) is 24.9. The van der Waals surface area contributed by atoms with Gasteiger partial charge in [-0.2, -0.15) is 0 Å². The molecule has 0 saturated carbocycles. The second kappa shape index (κ2) is 11.5. The van der Waals surface area contributed by atoms with E-state index >= 15 is 0 Å². The molecule has 1 saturated heterocycles. The van der Waals surface area contributed by atoms with Crippen LogP contribution in [-0.4, -0.2) is 38.8 Å². The number of carbonyl (C=O) groups excluding carboxylic acids is 1. The van der Waals surface area contributed by atoms with Crippen LogP contribution in [0.1, 0.15) is 35.8 Å². The minimum Gasteiger partial charge on any atom is -0.343 e. The standard InChI is InChI=1S/C33H31N5O/c39-33(28-16-20-38(21-17-28)23-29-15-14-26-8-4-5-9-30(26)36-29)37-32(31-22-34-18-19-35-31)27-12-10-25(11-13-27)24-6-2-1-3-7-24/h1-15,18-19,22,28,32H,16-17,20-21,23H2,(H,37,39). The van der Waals surface area contributed by atoms with Crippen molar-refractivity contribution in [2.75, 3.05) is 13.1 Å². The second-order valence-electron chi connectivity index (χ2n) is 10.1. The number of hydrogen-bond donors (Lipinski definition) is 1. The lowest BCUT2D eigenvalue weighted by Gasteiger charge is -2.32. The minimum absolute atomic E-state index is 0.0337. The van der Waals surface area contributed by atoms with Crippen molar-refractivity contribution < 1.29 is 4.79 Å². The molecule has 2 aromatic heterocycles. The molecule has 0 spiro atoms. The van der Waals surface area contributed by atoms with E-state index < -0.39 is 0 Å². The lowest BCUT2D eigenvalue weighted by Crippen LogP contribution is -2.41. The van der Waals surface area contributed by atoms with Crippen LogP contribution in [0.5, 0.6) is 0 Å². The number of piperidine rings is 1. The van der Waals surface area contributed by atoms with Gasteiger partial charge in [0.05, 0.1) is 29.1 Å². The smallest absolute Gasteiger partial charge is 0.224 e. The number of rotatable bonds is 7. The number of amides is 1. The van der Waals surface area contributed by atoms with Gasteiger partial charge in [-0.3, -0.25) is 24.6 Å². The number of aromatic nitrogens is 3. The maximum atomic E-state index is 13.5. The lowest BCUT2D eigenvalue weighted by atomic mass is 9.94. The maximum absolute atomic E-state index is 13.5. The van der Waals surface area contributed by atoms with Crippen molar-refractivity contribution in [2.45, 2.75) is 25.4 Å². The first-order valence-corrected chi connectivity index (χ1v) is 13.5. The normalized spacial score (nSPS) is 15.2. The van der Waals surface area contributed by atoms with Gasteiger partial charge in [-0.05, 0) is 54.8 Å². The zero-order chi connectivity index (χ0) is 26.4. The van der Waals surface area contributed by atoms with Crippen molar-refractivity contribution in [3.05, 3.63) is 127 Å². The Morgan fingerprint density at radius 3 is 2.36 bits per heavy atom. The van der Waals surface area contributed by atoms with E-state index in [1.165, 1.54) is 0 Å². The van der Waals surface area contributed by atoms with Gasteiger partial charge < -0.3 is 5.32 Å². The van der Waals surface area contributed by atoms with Crippen LogP contribution in [-0.2, 0) is 11.3 Å². The molecule has 6 nitrogen and oxygen atoms in total. The topological polar surface area (TPSA) is 71.0 Å². The molecule has 39 heavy (non-hydrogen) atoms. The largest absolute Gasteiger partial charge is 0.343 e. The van der Waals surface area contributed by atoms with Crippen molar-refractivity contribution in [1.82, 2.24) is 25.2 Å². The highest BCUT2D eigenvalue weighted by molar-refractivity contribution is 5.80. The van der Waals surface area contributed by atoms with Crippen LogP contribution in [0, 0.1) is 5.92 Å². The van der Waals surface area contributed by atoms with E-state index in [2.05, 4.69) is 80.8 Å². The third-order valence-corrected chi connectivity index (χ3v) is 7.52. The molecule has 6 heteroatoms. The number of carbonyl (C=O) groups is 1. The lowest BCUT2D eigenvalue weighted by molar-refractivity contribution is -0.127. The molecular weight excluding hydrogens is 482 g/mol. The fraction of sp³-hybridized carbons (Fsp3) is 0.212. The van der Waals surface area contributed by atoms with Gasteiger partial charge in [0.2, 0.25) is 5.91 Å². The molecule has 1 atom stereocenters. The van der Waals surface area contributed by atoms with Gasteiger partial charge in [0.1, 0.15) is 0 Å². The maximum Gasteiger partial charge on any atom is 0.224 e. The molecule has 1 fully saturated rings. The quantitative estimate of drug-likeness (QED) is 0.297. The Balaban J connectivity index is 1.11. The summed E-state index contributed by atoms with van der Waals surface area (Å²) in [4.78, 5) is 29.5. The number of benzene rings is 3. The molecule has 3 heterocycles. The summed E-state index contributed by atoms with van der Waals surface area (Å²) < 4.78 is 0. The summed E-state index contributed by atoms with van der Waals surface area (Å²) in [6.45, 7) is 2.54. The van der Waals surface area contributed by atoms with E-state index in [0.29, 0.717) is 0 Å². The molecule has 1 amide bonds. The number of nitrogens with one attached hydrogen (secondary N) is 1. The van der Waals surface area contributed by atoms with E-state index in [1.54, 1.807) is 18.6 Å². The summed E-state index contributed by atoms with van der Waals surface area (Å²) in [6, 6.07) is 30.7. The SMILES string of the molecule is O=C(NC(c1ccc(-c2ccccc2)cc1)c1cnccn1)C1CCN(Cc2ccc3ccccc3n2)CC1. The average Bonchev–Trinajstić information content (AvgIpc) is 3.01. The Morgan fingerprint density at radius 1 is 0.846 bits per heavy atom. The molecule has 6 rings (SSSR count). The third kappa shape index (κ3) is 5.86. The predicted molar refractivity (Wildman–Crippen MR) is 154 cm³/mol. The Bertz CT molecular complexity index is 1530. The molecule has 0 radical (unpaired) electrons. The fourth-order valence-corrected chi connectivity index (χ4v) is 5.33. The van der Waals surface area contributed by atoms with Crippen molar-refractivity contribution in [3.8, 4) is 11.1 Å². The van der Waals surface area contributed by atoms with Crippen molar-refractivity contribution in [1.29, 1.82) is 0 Å². The Kier molecular flexibility index (Phi) is 7.36. The first-order chi connectivity index (χ1) is 19.2. The molecule has 5 aromatic rings. The highest BCUT2D eigenvalue weighted by atomic mass is 16.2. The zero-order valence-electron chi connectivity index (χ0n) is 21.8. The van der Waals surface area contributed by atoms with Gasteiger partial charge >= 0.3 is 0 Å². The van der Waals surface area contributed by atoms with Gasteiger partial charge in [-0.15, -0.1) is 0 Å². The van der Waals surface area contributed by atoms with Gasteiger partial charge in [-0.1, -0.05) is 78.9 Å². The Hall–Kier alpha value is -4.42. The summed E-state index contributed by atoms with van der Waals surface area (Å²) in [5, 5.41) is 4.45. The molecular formula is C33H31N5O. The van der Waals surface area contributed by atoms with Gasteiger partial charge in [0.15, 0.2) is 0 Å². The Labute approximate surface area is 228 Å². The summed E-state index contributed by atoms with van der Waals surface area (Å²) in [5.74, 6) is 0.0369.